The molecule has 0 bridgehead atoms. The van der Waals surface area contributed by atoms with Crippen molar-refractivity contribution in [2.75, 3.05) is 31.2 Å². The smallest absolute Gasteiger partial charge is 0.282 e. The van der Waals surface area contributed by atoms with Crippen LogP contribution in [0.1, 0.15) is 11.1 Å². The number of H-pyrrole nitrogens is 1. The minimum Gasteiger partial charge on any atom is -0.373 e. The zero-order valence-corrected chi connectivity index (χ0v) is 17.4. The fourth-order valence-corrected chi connectivity index (χ4v) is 4.64. The molecule has 2 aromatic carbocycles. The highest BCUT2D eigenvalue weighted by Crippen LogP contribution is 2.27. The van der Waals surface area contributed by atoms with E-state index in [1.165, 1.54) is 18.2 Å². The van der Waals surface area contributed by atoms with Crippen LogP contribution in [0.5, 0.6) is 0 Å². The molecule has 0 saturated carbocycles. The summed E-state index contributed by atoms with van der Waals surface area (Å²) in [6.07, 6.45) is 1.46. The van der Waals surface area contributed by atoms with Gasteiger partial charge in [-0.05, 0) is 37.3 Å². The number of para-hydroxylation sites is 1. The molecule has 4 rings (SSSR count). The number of nitriles is 1. The molecule has 0 spiro atoms. The van der Waals surface area contributed by atoms with Crippen molar-refractivity contribution in [3.8, 4) is 6.07 Å². The van der Waals surface area contributed by atoms with Crippen LogP contribution in [0.3, 0.4) is 0 Å². The standard InChI is InChI=1S/C23H21N3O3S/c1-17-6-8-20(9-7-17)30(27,28)21(16-24)15-19-14-18-4-2-3-5-22(18)25-23(19)26-10-12-29-13-11-26/h2-9,14-15H,10-13H2,1H3/p+1/b21-15+. The lowest BCUT2D eigenvalue weighted by molar-refractivity contribution is -0.331. The van der Waals surface area contributed by atoms with E-state index in [9.17, 15) is 13.7 Å². The van der Waals surface area contributed by atoms with Gasteiger partial charge in [0.2, 0.25) is 9.84 Å². The van der Waals surface area contributed by atoms with Crippen molar-refractivity contribution in [1.29, 1.82) is 5.26 Å². The fourth-order valence-electron chi connectivity index (χ4n) is 3.49. The molecular weight excluding hydrogens is 398 g/mol. The molecule has 0 amide bonds. The highest BCUT2D eigenvalue weighted by molar-refractivity contribution is 7.95. The summed E-state index contributed by atoms with van der Waals surface area (Å²) in [4.78, 5) is 5.36. The van der Waals surface area contributed by atoms with Crippen LogP contribution in [0.4, 0.5) is 5.82 Å². The summed E-state index contributed by atoms with van der Waals surface area (Å²) >= 11 is 0. The number of nitrogens with one attached hydrogen (secondary N) is 1. The van der Waals surface area contributed by atoms with Gasteiger partial charge in [0.25, 0.3) is 5.82 Å². The third-order valence-electron chi connectivity index (χ3n) is 5.14. The molecule has 3 aromatic rings. The van der Waals surface area contributed by atoms with E-state index in [-0.39, 0.29) is 9.80 Å². The highest BCUT2D eigenvalue weighted by atomic mass is 32.2. The van der Waals surface area contributed by atoms with Gasteiger partial charge in [0, 0.05) is 5.39 Å². The molecule has 1 fully saturated rings. The lowest BCUT2D eigenvalue weighted by Crippen LogP contribution is -2.40. The largest absolute Gasteiger partial charge is 0.373 e. The van der Waals surface area contributed by atoms with Crippen LogP contribution in [-0.2, 0) is 14.6 Å². The van der Waals surface area contributed by atoms with E-state index < -0.39 is 9.84 Å². The summed E-state index contributed by atoms with van der Waals surface area (Å²) in [5.74, 6) is 0.781. The summed E-state index contributed by atoms with van der Waals surface area (Å²) in [6, 6.07) is 18.1. The van der Waals surface area contributed by atoms with E-state index in [2.05, 4.69) is 9.88 Å². The van der Waals surface area contributed by atoms with Crippen molar-refractivity contribution in [3.05, 3.63) is 70.6 Å². The van der Waals surface area contributed by atoms with Crippen molar-refractivity contribution >= 4 is 32.6 Å². The predicted octanol–water partition coefficient (Wildman–Crippen LogP) is 3.14. The third kappa shape index (κ3) is 3.92. The van der Waals surface area contributed by atoms with E-state index in [1.54, 1.807) is 12.1 Å². The van der Waals surface area contributed by atoms with Crippen LogP contribution >= 0.6 is 0 Å². The van der Waals surface area contributed by atoms with Crippen molar-refractivity contribution in [1.82, 2.24) is 0 Å². The molecule has 152 valence electrons. The molecule has 0 atom stereocenters. The molecule has 1 aliphatic heterocycles. The first kappa shape index (κ1) is 20.1. The van der Waals surface area contributed by atoms with Gasteiger partial charge in [-0.25, -0.2) is 13.4 Å². The Balaban J connectivity index is 1.86. The molecule has 6 nitrogen and oxygen atoms in total. The van der Waals surface area contributed by atoms with Crippen LogP contribution in [0.15, 0.2) is 64.4 Å². The number of pyridine rings is 1. The lowest BCUT2D eigenvalue weighted by Gasteiger charge is -2.22. The molecule has 1 saturated heterocycles. The fraction of sp³-hybridized carbons (Fsp3) is 0.217. The molecule has 1 aliphatic rings. The minimum absolute atomic E-state index is 0.110. The Morgan fingerprint density at radius 2 is 1.83 bits per heavy atom. The first-order chi connectivity index (χ1) is 14.5. The Labute approximate surface area is 176 Å². The predicted molar refractivity (Wildman–Crippen MR) is 115 cm³/mol. The maximum Gasteiger partial charge on any atom is 0.282 e. The van der Waals surface area contributed by atoms with Crippen molar-refractivity contribution < 1.29 is 18.1 Å². The first-order valence-corrected chi connectivity index (χ1v) is 11.2. The Bertz CT molecular complexity index is 1250. The van der Waals surface area contributed by atoms with E-state index in [0.717, 1.165) is 22.3 Å². The van der Waals surface area contributed by atoms with Gasteiger partial charge in [-0.15, -0.1) is 0 Å². The van der Waals surface area contributed by atoms with Gasteiger partial charge in [-0.2, -0.15) is 5.26 Å². The zero-order chi connectivity index (χ0) is 21.1. The van der Waals surface area contributed by atoms with Crippen LogP contribution < -0.4 is 9.88 Å². The topological polar surface area (TPSA) is 84.5 Å². The monoisotopic (exact) mass is 420 g/mol. The molecule has 1 aromatic heterocycles. The molecule has 0 unspecified atom stereocenters. The van der Waals surface area contributed by atoms with Gasteiger partial charge in [0.1, 0.15) is 29.6 Å². The Morgan fingerprint density at radius 3 is 2.53 bits per heavy atom. The number of ether oxygens (including phenoxy) is 1. The molecule has 30 heavy (non-hydrogen) atoms. The molecule has 1 N–H and O–H groups in total. The van der Waals surface area contributed by atoms with Gasteiger partial charge in [0.05, 0.1) is 23.7 Å². The Hall–Kier alpha value is -3.21. The Kier molecular flexibility index (Phi) is 5.53. The second kappa shape index (κ2) is 8.27. The van der Waals surface area contributed by atoms with Gasteiger partial charge in [-0.3, -0.25) is 4.90 Å². The van der Waals surface area contributed by atoms with Crippen molar-refractivity contribution in [2.45, 2.75) is 11.8 Å². The third-order valence-corrected chi connectivity index (χ3v) is 6.82. The Morgan fingerprint density at radius 1 is 1.13 bits per heavy atom. The molecule has 7 heteroatoms. The number of aromatic nitrogens is 1. The number of aryl methyl sites for hydroxylation is 1. The number of hydrogen-bond donors (Lipinski definition) is 0. The van der Waals surface area contributed by atoms with E-state index in [1.807, 2.05) is 43.3 Å². The number of benzene rings is 2. The number of nitrogens with zero attached hydrogens (tertiary/aromatic N) is 2. The maximum atomic E-state index is 13.1. The van der Waals surface area contributed by atoms with E-state index in [0.29, 0.717) is 31.9 Å². The van der Waals surface area contributed by atoms with Crippen molar-refractivity contribution in [2.24, 2.45) is 0 Å². The van der Waals surface area contributed by atoms with Crippen LogP contribution in [0.2, 0.25) is 0 Å². The number of anilines is 1. The van der Waals surface area contributed by atoms with Gasteiger partial charge in [0.15, 0.2) is 0 Å². The first-order valence-electron chi connectivity index (χ1n) is 9.70. The second-order valence-electron chi connectivity index (χ2n) is 7.20. The number of hydrogen-bond acceptors (Lipinski definition) is 5. The summed E-state index contributed by atoms with van der Waals surface area (Å²) in [7, 11) is -3.92. The second-order valence-corrected chi connectivity index (χ2v) is 9.11. The summed E-state index contributed by atoms with van der Waals surface area (Å²) in [5.41, 5.74) is 2.55. The number of rotatable bonds is 4. The normalized spacial score (nSPS) is 15.2. The molecular formula is C23H22N3O3S+. The zero-order valence-electron chi connectivity index (χ0n) is 16.6. The summed E-state index contributed by atoms with van der Waals surface area (Å²) in [5, 5.41) is 10.6. The molecule has 0 aliphatic carbocycles. The number of allylic oxidation sites excluding steroid dienone is 1. The van der Waals surface area contributed by atoms with Crippen LogP contribution in [-0.4, -0.2) is 34.7 Å². The number of fused-ring (bicyclic) bond motifs is 1. The van der Waals surface area contributed by atoms with Gasteiger partial charge in [-0.1, -0.05) is 35.9 Å². The maximum absolute atomic E-state index is 13.1. The van der Waals surface area contributed by atoms with Crippen LogP contribution in [0.25, 0.3) is 17.0 Å². The summed E-state index contributed by atoms with van der Waals surface area (Å²) < 4.78 is 31.6. The lowest BCUT2D eigenvalue weighted by atomic mass is 10.1. The SMILES string of the molecule is Cc1ccc(S(=O)(=O)/C(C#N)=C/c2cc3ccccc3[nH+]c2N2CCOCC2)cc1. The average Bonchev–Trinajstić information content (AvgIpc) is 2.77. The minimum atomic E-state index is -3.92. The average molecular weight is 421 g/mol. The number of sulfone groups is 1. The van der Waals surface area contributed by atoms with Gasteiger partial charge < -0.3 is 4.74 Å². The van der Waals surface area contributed by atoms with E-state index >= 15 is 0 Å². The number of aromatic amines is 1. The van der Waals surface area contributed by atoms with Crippen LogP contribution in [0, 0.1) is 18.3 Å². The number of morpholine rings is 1. The summed E-state index contributed by atoms with van der Waals surface area (Å²) in [6.45, 7) is 4.44. The highest BCUT2D eigenvalue weighted by Gasteiger charge is 2.26. The van der Waals surface area contributed by atoms with E-state index in [4.69, 9.17) is 4.74 Å². The van der Waals surface area contributed by atoms with Gasteiger partial charge >= 0.3 is 0 Å². The molecule has 2 heterocycles. The van der Waals surface area contributed by atoms with Crippen molar-refractivity contribution in [3.63, 3.8) is 0 Å². The molecule has 0 radical (unpaired) electrons. The quantitative estimate of drug-likeness (QED) is 0.606.